The van der Waals surface area contributed by atoms with Crippen LogP contribution in [0.15, 0.2) is 224 Å². The molecule has 3 aromatic heterocycles. The number of thiophene rings is 1. The van der Waals surface area contributed by atoms with Crippen LogP contribution in [-0.2, 0) is 0 Å². The van der Waals surface area contributed by atoms with E-state index in [4.69, 9.17) is 9.97 Å². The van der Waals surface area contributed by atoms with Crippen LogP contribution >= 0.6 is 11.3 Å². The molecule has 0 saturated carbocycles. The number of aromatic nitrogens is 3. The van der Waals surface area contributed by atoms with Gasteiger partial charge in [0.15, 0.2) is 5.82 Å². The largest absolute Gasteiger partial charge is 0.306 e. The van der Waals surface area contributed by atoms with Gasteiger partial charge in [-0.3, -0.25) is 0 Å². The molecule has 0 saturated heterocycles. The van der Waals surface area contributed by atoms with Crippen LogP contribution in [0.2, 0.25) is 0 Å². The number of para-hydroxylation sites is 2. The van der Waals surface area contributed by atoms with Crippen molar-refractivity contribution in [3.63, 3.8) is 0 Å². The molecule has 0 aliphatic carbocycles. The minimum absolute atomic E-state index is 0.720. The average molecular weight is 808 g/mol. The first-order chi connectivity index (χ1) is 30.7. The molecule has 12 rings (SSSR count). The van der Waals surface area contributed by atoms with Gasteiger partial charge in [0.05, 0.1) is 16.7 Å². The van der Waals surface area contributed by atoms with E-state index >= 15 is 0 Å². The van der Waals surface area contributed by atoms with Gasteiger partial charge in [0.2, 0.25) is 0 Å². The Balaban J connectivity index is 1.06. The summed E-state index contributed by atoms with van der Waals surface area (Å²) in [5.41, 5.74) is 16.4. The number of hydrogen-bond acceptors (Lipinski definition) is 3. The lowest BCUT2D eigenvalue weighted by Crippen LogP contribution is -2.00. The maximum absolute atomic E-state index is 5.61. The van der Waals surface area contributed by atoms with E-state index in [1.165, 1.54) is 48.0 Å². The van der Waals surface area contributed by atoms with Crippen LogP contribution in [0, 0.1) is 0 Å². The van der Waals surface area contributed by atoms with Crippen LogP contribution in [0.5, 0.6) is 0 Å². The van der Waals surface area contributed by atoms with E-state index in [-0.39, 0.29) is 0 Å². The zero-order chi connectivity index (χ0) is 41.0. The predicted molar refractivity (Wildman–Crippen MR) is 262 cm³/mol. The molecule has 62 heavy (non-hydrogen) atoms. The van der Waals surface area contributed by atoms with Crippen LogP contribution in [0.1, 0.15) is 0 Å². The highest BCUT2D eigenvalue weighted by atomic mass is 32.1. The summed E-state index contributed by atoms with van der Waals surface area (Å²) in [5.74, 6) is 0.720. The smallest absolute Gasteiger partial charge is 0.161 e. The summed E-state index contributed by atoms with van der Waals surface area (Å²) in [5, 5.41) is 3.52. The zero-order valence-corrected chi connectivity index (χ0v) is 34.4. The third-order valence-corrected chi connectivity index (χ3v) is 13.1. The lowest BCUT2D eigenvalue weighted by atomic mass is 9.92. The average Bonchev–Trinajstić information content (AvgIpc) is 3.91. The Morgan fingerprint density at radius 2 is 0.839 bits per heavy atom. The number of nitrogens with zero attached hydrogens (tertiary/aromatic N) is 3. The molecule has 0 unspecified atom stereocenters. The standard InChI is InChI=1S/C58H37N3S/c1-4-17-38(18-5-1)44-35-45(39-19-6-2-7-20-39)37-46(36-44)42-23-14-21-40(33-42)41-22-15-24-43(34-41)55-57-56(48-27-10-12-30-51(48)61(57)47-25-8-3-9-26-47)60-58(59-55)50-29-16-32-53-54(50)49-28-11-13-31-52(49)62-53/h1-37H. The normalized spacial score (nSPS) is 11.5. The lowest BCUT2D eigenvalue weighted by Gasteiger charge is -2.14. The fraction of sp³-hybridized carbons (Fsp3) is 0. The van der Waals surface area contributed by atoms with Crippen molar-refractivity contribution in [2.45, 2.75) is 0 Å². The number of hydrogen-bond donors (Lipinski definition) is 0. The Labute approximate surface area is 363 Å². The first kappa shape index (κ1) is 36.0. The summed E-state index contributed by atoms with van der Waals surface area (Å²) in [6.07, 6.45) is 0. The molecule has 0 amide bonds. The third kappa shape index (κ3) is 6.20. The Bertz CT molecular complexity index is 3570. The zero-order valence-electron chi connectivity index (χ0n) is 33.6. The minimum atomic E-state index is 0.720. The van der Waals surface area contributed by atoms with Gasteiger partial charge in [0.25, 0.3) is 0 Å². The Hall–Kier alpha value is -7.92. The van der Waals surface area contributed by atoms with E-state index in [2.05, 4.69) is 229 Å². The molecule has 0 fully saturated rings. The van der Waals surface area contributed by atoms with Gasteiger partial charge in [-0.1, -0.05) is 164 Å². The van der Waals surface area contributed by atoms with E-state index in [0.29, 0.717) is 0 Å². The molecule has 4 heteroatoms. The second-order valence-corrected chi connectivity index (χ2v) is 16.8. The Kier molecular flexibility index (Phi) is 8.68. The maximum Gasteiger partial charge on any atom is 0.161 e. The first-order valence-electron chi connectivity index (χ1n) is 21.0. The highest BCUT2D eigenvalue weighted by molar-refractivity contribution is 7.25. The molecule has 0 N–H and O–H groups in total. The van der Waals surface area contributed by atoms with Gasteiger partial charge < -0.3 is 4.57 Å². The van der Waals surface area contributed by atoms with Crippen LogP contribution in [-0.4, -0.2) is 14.5 Å². The van der Waals surface area contributed by atoms with Crippen molar-refractivity contribution >= 4 is 53.4 Å². The fourth-order valence-corrected chi connectivity index (χ4v) is 10.2. The molecule has 0 atom stereocenters. The van der Waals surface area contributed by atoms with Crippen molar-refractivity contribution < 1.29 is 0 Å². The van der Waals surface area contributed by atoms with Crippen LogP contribution in [0.25, 0.3) is 115 Å². The second kappa shape index (κ2) is 15.0. The predicted octanol–water partition coefficient (Wildman–Crippen LogP) is 15.9. The highest BCUT2D eigenvalue weighted by Crippen LogP contribution is 2.43. The van der Waals surface area contributed by atoms with Crippen LogP contribution in [0.3, 0.4) is 0 Å². The molecule has 0 spiro atoms. The molecule has 290 valence electrons. The van der Waals surface area contributed by atoms with Gasteiger partial charge in [-0.15, -0.1) is 11.3 Å². The second-order valence-electron chi connectivity index (χ2n) is 15.8. The number of fused-ring (bicyclic) bond motifs is 6. The van der Waals surface area contributed by atoms with Gasteiger partial charge in [-0.25, -0.2) is 9.97 Å². The van der Waals surface area contributed by atoms with Crippen LogP contribution < -0.4 is 0 Å². The van der Waals surface area contributed by atoms with E-state index in [1.54, 1.807) is 0 Å². The molecular formula is C58H37N3S. The summed E-state index contributed by atoms with van der Waals surface area (Å²) in [4.78, 5) is 11.1. The molecule has 3 heterocycles. The lowest BCUT2D eigenvalue weighted by molar-refractivity contribution is 1.15. The van der Waals surface area contributed by atoms with Crippen molar-refractivity contribution in [2.24, 2.45) is 0 Å². The fourth-order valence-electron chi connectivity index (χ4n) is 9.08. The molecule has 12 aromatic rings. The Morgan fingerprint density at radius 3 is 1.53 bits per heavy atom. The molecule has 0 aliphatic rings. The van der Waals surface area contributed by atoms with Crippen molar-refractivity contribution in [3.05, 3.63) is 224 Å². The quantitative estimate of drug-likeness (QED) is 0.161. The Morgan fingerprint density at radius 1 is 0.355 bits per heavy atom. The van der Waals surface area contributed by atoms with Crippen molar-refractivity contribution in [2.75, 3.05) is 0 Å². The van der Waals surface area contributed by atoms with E-state index in [1.807, 2.05) is 11.3 Å². The topological polar surface area (TPSA) is 30.7 Å². The summed E-state index contributed by atoms with van der Waals surface area (Å²) in [6.45, 7) is 0. The van der Waals surface area contributed by atoms with Crippen molar-refractivity contribution in [1.29, 1.82) is 0 Å². The van der Waals surface area contributed by atoms with E-state index in [0.717, 1.165) is 67.0 Å². The monoisotopic (exact) mass is 807 g/mol. The van der Waals surface area contributed by atoms with Gasteiger partial charge in [-0.05, 0) is 105 Å². The maximum atomic E-state index is 5.61. The summed E-state index contributed by atoms with van der Waals surface area (Å²) >= 11 is 1.82. The van der Waals surface area contributed by atoms with Gasteiger partial charge in [0, 0.05) is 42.4 Å². The van der Waals surface area contributed by atoms with E-state index in [9.17, 15) is 0 Å². The summed E-state index contributed by atoms with van der Waals surface area (Å²) in [6, 6.07) is 80.4. The number of rotatable bonds is 7. The summed E-state index contributed by atoms with van der Waals surface area (Å²) < 4.78 is 4.82. The molecule has 9 aromatic carbocycles. The van der Waals surface area contributed by atoms with E-state index < -0.39 is 0 Å². The summed E-state index contributed by atoms with van der Waals surface area (Å²) in [7, 11) is 0. The molecule has 0 radical (unpaired) electrons. The number of benzene rings is 9. The highest BCUT2D eigenvalue weighted by Gasteiger charge is 2.23. The SMILES string of the molecule is c1ccc(-c2cc(-c3ccccc3)cc(-c3cccc(-c4cccc(-c5nc(-c6cccc7sc8ccccc8c67)nc6c7ccccc7n(-c7ccccc7)c56)c4)c3)c2)cc1. The van der Waals surface area contributed by atoms with Gasteiger partial charge in [-0.2, -0.15) is 0 Å². The van der Waals surface area contributed by atoms with Crippen molar-refractivity contribution in [1.82, 2.24) is 14.5 Å². The molecular weight excluding hydrogens is 771 g/mol. The molecule has 3 nitrogen and oxygen atoms in total. The minimum Gasteiger partial charge on any atom is -0.306 e. The molecule has 0 bridgehead atoms. The van der Waals surface area contributed by atoms with Crippen LogP contribution in [0.4, 0.5) is 0 Å². The van der Waals surface area contributed by atoms with Gasteiger partial charge >= 0.3 is 0 Å². The molecule has 0 aliphatic heterocycles. The third-order valence-electron chi connectivity index (χ3n) is 12.0. The van der Waals surface area contributed by atoms with Gasteiger partial charge in [0.1, 0.15) is 5.52 Å². The van der Waals surface area contributed by atoms with Crippen molar-refractivity contribution in [3.8, 4) is 72.8 Å². The first-order valence-corrected chi connectivity index (χ1v) is 21.8.